The molecule has 1 unspecified atom stereocenters. The first-order valence-electron chi connectivity index (χ1n) is 6.72. The fourth-order valence-electron chi connectivity index (χ4n) is 1.90. The number of carbonyl (C=O) groups excluding carboxylic acids is 3. The van der Waals surface area contributed by atoms with Gasteiger partial charge in [0.05, 0.1) is 28.7 Å². The smallest absolute Gasteiger partial charge is 0.392 e. The van der Waals surface area contributed by atoms with Crippen molar-refractivity contribution in [2.24, 2.45) is 0 Å². The largest absolute Gasteiger partial charge is 0.462 e. The van der Waals surface area contributed by atoms with Gasteiger partial charge in [-0.15, -0.1) is 0 Å². The molecule has 120 valence electrons. The molecule has 0 aliphatic heterocycles. The number of thiophene rings is 1. The van der Waals surface area contributed by atoms with Crippen LogP contribution in [0.25, 0.3) is 0 Å². The number of Topliss-reactive ketones (excluding diaryl/α,β-unsaturated/α-hetero) is 1. The highest BCUT2D eigenvalue weighted by atomic mass is 33.1. The van der Waals surface area contributed by atoms with Gasteiger partial charge < -0.3 is 10.1 Å². The molecule has 7 heteroatoms. The van der Waals surface area contributed by atoms with E-state index in [1.807, 2.05) is 12.3 Å². The molecule has 1 amide bonds. The summed E-state index contributed by atoms with van der Waals surface area (Å²) in [6.45, 7) is -0.0887. The van der Waals surface area contributed by atoms with Gasteiger partial charge in [0.2, 0.25) is 0 Å². The Balaban J connectivity index is 2.05. The minimum atomic E-state index is -0.507. The summed E-state index contributed by atoms with van der Waals surface area (Å²) in [7, 11) is 2.26. The van der Waals surface area contributed by atoms with Crippen molar-refractivity contribution >= 4 is 38.0 Å². The van der Waals surface area contributed by atoms with Crippen molar-refractivity contribution in [3.05, 3.63) is 57.8 Å². The van der Waals surface area contributed by atoms with Gasteiger partial charge in [-0.1, -0.05) is 30.3 Å². The van der Waals surface area contributed by atoms with E-state index in [4.69, 9.17) is 4.74 Å². The molecule has 2 aromatic rings. The molecular weight excluding hydrogens is 334 g/mol. The topological polar surface area (TPSA) is 72.5 Å². The molecule has 0 fully saturated rings. The van der Waals surface area contributed by atoms with Gasteiger partial charge in [0.1, 0.15) is 10.8 Å². The average Bonchev–Trinajstić information content (AvgIpc) is 3.03. The van der Waals surface area contributed by atoms with Crippen LogP contribution in [0.2, 0.25) is 0 Å². The van der Waals surface area contributed by atoms with Crippen LogP contribution in [0.4, 0.5) is 0 Å². The number of methoxy groups -OCH3 is 1. The van der Waals surface area contributed by atoms with Crippen LogP contribution in [0, 0.1) is 0 Å². The van der Waals surface area contributed by atoms with E-state index in [1.165, 1.54) is 24.0 Å². The molecule has 1 aromatic heterocycles. The number of hydrogen-bond acceptors (Lipinski definition) is 5. The molecule has 23 heavy (non-hydrogen) atoms. The summed E-state index contributed by atoms with van der Waals surface area (Å²) >= 11 is 0. The van der Waals surface area contributed by atoms with E-state index >= 15 is 0 Å². The molecule has 0 bridgehead atoms. The number of esters is 1. The molecular formula is C16H16NO4S2+. The maximum absolute atomic E-state index is 12.2. The minimum absolute atomic E-state index is 0.0887. The summed E-state index contributed by atoms with van der Waals surface area (Å²) in [6.07, 6.45) is 1.86. The van der Waals surface area contributed by atoms with Gasteiger partial charge in [-0.25, -0.2) is 4.79 Å². The molecule has 1 aromatic carbocycles. The van der Waals surface area contributed by atoms with Gasteiger partial charge in [0.25, 0.3) is 10.8 Å². The molecule has 0 radical (unpaired) electrons. The van der Waals surface area contributed by atoms with Gasteiger partial charge in [0, 0.05) is 17.9 Å². The first-order valence-corrected chi connectivity index (χ1v) is 9.75. The summed E-state index contributed by atoms with van der Waals surface area (Å²) < 4.78 is 4.72. The highest BCUT2D eigenvalue weighted by Gasteiger charge is 2.27. The van der Waals surface area contributed by atoms with Gasteiger partial charge in [-0.05, 0) is 0 Å². The van der Waals surface area contributed by atoms with Crippen LogP contribution in [0.5, 0.6) is 0 Å². The summed E-state index contributed by atoms with van der Waals surface area (Å²) in [5.74, 6) is -0.986. The Labute approximate surface area is 140 Å². The molecule has 1 N–H and O–H groups in total. The number of amides is 1. The lowest BCUT2D eigenvalue weighted by Gasteiger charge is -2.02. The Kier molecular flexibility index (Phi) is 5.95. The lowest BCUT2D eigenvalue weighted by atomic mass is 10.1. The summed E-state index contributed by atoms with van der Waals surface area (Å²) in [5.41, 5.74) is 0.923. The van der Waals surface area contributed by atoms with E-state index in [0.29, 0.717) is 16.0 Å². The fraction of sp³-hybridized carbons (Fsp3) is 0.188. The van der Waals surface area contributed by atoms with Crippen LogP contribution in [-0.4, -0.2) is 37.6 Å². The lowest BCUT2D eigenvalue weighted by Crippen LogP contribution is -2.29. The van der Waals surface area contributed by atoms with Crippen LogP contribution in [0.3, 0.4) is 0 Å². The van der Waals surface area contributed by atoms with Crippen molar-refractivity contribution in [2.45, 2.75) is 0 Å². The van der Waals surface area contributed by atoms with E-state index in [9.17, 15) is 14.4 Å². The Morgan fingerprint density at radius 1 is 1.17 bits per heavy atom. The molecule has 1 atom stereocenters. The number of ketones is 1. The van der Waals surface area contributed by atoms with Gasteiger partial charge in [0.15, 0.2) is 11.2 Å². The molecule has 0 aliphatic carbocycles. The lowest BCUT2D eigenvalue weighted by molar-refractivity contribution is 0.0606. The zero-order valence-electron chi connectivity index (χ0n) is 12.7. The molecule has 2 rings (SSSR count). The number of benzene rings is 1. The first kappa shape index (κ1) is 17.2. The Hall–Kier alpha value is -2.12. The number of rotatable bonds is 6. The van der Waals surface area contributed by atoms with Crippen molar-refractivity contribution in [3.8, 4) is 0 Å². The SMILES string of the molecule is COC(=O)c1cc(C(=O)NCC(=O)c2ccccc2)c[s+]1SC. The third-order valence-electron chi connectivity index (χ3n) is 3.07. The summed E-state index contributed by atoms with van der Waals surface area (Å²) in [5, 5.41) is 4.31. The molecule has 0 saturated heterocycles. The van der Waals surface area contributed by atoms with Crippen LogP contribution >= 0.6 is 20.3 Å². The van der Waals surface area contributed by atoms with E-state index in [0.717, 1.165) is 0 Å². The molecule has 0 aliphatic rings. The highest BCUT2D eigenvalue weighted by Crippen LogP contribution is 2.37. The van der Waals surface area contributed by atoms with Crippen molar-refractivity contribution in [1.82, 2.24) is 5.32 Å². The molecule has 5 nitrogen and oxygen atoms in total. The average molecular weight is 350 g/mol. The van der Waals surface area contributed by atoms with Crippen LogP contribution < -0.4 is 5.32 Å². The number of hydrogen-bond donors (Lipinski definition) is 1. The van der Waals surface area contributed by atoms with Crippen molar-refractivity contribution < 1.29 is 19.1 Å². The molecule has 1 heterocycles. The Bertz CT molecular complexity index is 725. The molecule has 0 spiro atoms. The maximum Gasteiger partial charge on any atom is 0.392 e. The van der Waals surface area contributed by atoms with Gasteiger partial charge in [-0.3, -0.25) is 9.59 Å². The van der Waals surface area contributed by atoms with Gasteiger partial charge in [-0.2, -0.15) is 0 Å². The number of ether oxygens (including phenoxy) is 1. The Morgan fingerprint density at radius 3 is 2.48 bits per heavy atom. The number of carbonyl (C=O) groups is 3. The van der Waals surface area contributed by atoms with Crippen molar-refractivity contribution in [2.75, 3.05) is 19.9 Å². The third-order valence-corrected chi connectivity index (χ3v) is 6.52. The van der Waals surface area contributed by atoms with Gasteiger partial charge >= 0.3 is 5.97 Å². The Morgan fingerprint density at radius 2 is 1.87 bits per heavy atom. The summed E-state index contributed by atoms with van der Waals surface area (Å²) in [6, 6.07) is 10.3. The predicted molar refractivity (Wildman–Crippen MR) is 92.3 cm³/mol. The normalized spacial score (nSPS) is 11.0. The molecule has 0 saturated carbocycles. The van der Waals surface area contributed by atoms with Crippen LogP contribution in [0.1, 0.15) is 30.4 Å². The standard InChI is InChI=1S/C16H15NO4S2/c1-21-16(20)14-8-12(10-23(14)22-2)15(19)17-9-13(18)11-6-4-3-5-7-11/h3-8,10H,9H2,1-2H3/p+1. The summed E-state index contributed by atoms with van der Waals surface area (Å²) in [4.78, 5) is 36.3. The number of nitrogens with one attached hydrogen (secondary N) is 1. The van der Waals surface area contributed by atoms with Crippen molar-refractivity contribution in [3.63, 3.8) is 0 Å². The first-order chi connectivity index (χ1) is 11.1. The third kappa shape index (κ3) is 4.20. The zero-order valence-corrected chi connectivity index (χ0v) is 14.3. The fourth-order valence-corrected chi connectivity index (χ4v) is 4.69. The predicted octanol–water partition coefficient (Wildman–Crippen LogP) is 2.96. The van der Waals surface area contributed by atoms with E-state index in [1.54, 1.807) is 29.6 Å². The van der Waals surface area contributed by atoms with E-state index in [2.05, 4.69) is 5.32 Å². The quantitative estimate of drug-likeness (QED) is 0.375. The highest BCUT2D eigenvalue weighted by molar-refractivity contribution is 8.45. The zero-order chi connectivity index (χ0) is 16.8. The monoisotopic (exact) mass is 350 g/mol. The van der Waals surface area contributed by atoms with E-state index in [-0.39, 0.29) is 18.2 Å². The maximum atomic E-state index is 12.2. The van der Waals surface area contributed by atoms with E-state index < -0.39 is 15.5 Å². The second-order valence-corrected chi connectivity index (χ2v) is 8.19. The van der Waals surface area contributed by atoms with Crippen LogP contribution in [0.15, 0.2) is 41.8 Å². The van der Waals surface area contributed by atoms with Crippen molar-refractivity contribution in [1.29, 1.82) is 0 Å². The second kappa shape index (κ2) is 7.94. The minimum Gasteiger partial charge on any atom is -0.462 e. The second-order valence-electron chi connectivity index (χ2n) is 4.51. The van der Waals surface area contributed by atoms with Crippen LogP contribution in [-0.2, 0) is 4.74 Å².